The molecule has 0 saturated heterocycles. The summed E-state index contributed by atoms with van der Waals surface area (Å²) in [7, 11) is 0. The van der Waals surface area contributed by atoms with Crippen molar-refractivity contribution in [2.24, 2.45) is 0 Å². The average molecular weight is 610 g/mol. The molecule has 0 rings (SSSR count). The number of aliphatic carboxylic acids is 1. The number of unbranched alkanes of at least 4 members (excludes halogenated alkanes) is 23. The van der Waals surface area contributed by atoms with Crippen molar-refractivity contribution in [1.29, 1.82) is 0 Å². The summed E-state index contributed by atoms with van der Waals surface area (Å²) in [6.45, 7) is 4.22. The Morgan fingerprint density at radius 1 is 0.512 bits per heavy atom. The van der Waals surface area contributed by atoms with E-state index in [1.807, 2.05) is 0 Å². The van der Waals surface area contributed by atoms with Gasteiger partial charge in [-0.1, -0.05) is 155 Å². The van der Waals surface area contributed by atoms with Gasteiger partial charge in [-0.2, -0.15) is 0 Å². The van der Waals surface area contributed by atoms with Gasteiger partial charge in [0.1, 0.15) is 12.6 Å². The van der Waals surface area contributed by atoms with Crippen molar-refractivity contribution in [2.45, 2.75) is 213 Å². The number of nitrogens with one attached hydrogen (secondary N) is 1. The van der Waals surface area contributed by atoms with Crippen molar-refractivity contribution in [3.8, 4) is 0 Å². The van der Waals surface area contributed by atoms with E-state index in [1.54, 1.807) is 0 Å². The fourth-order valence-corrected chi connectivity index (χ4v) is 5.75. The molecule has 0 heterocycles. The largest absolute Gasteiger partial charge is 0.480 e. The number of amides is 1. The van der Waals surface area contributed by atoms with Gasteiger partial charge < -0.3 is 15.2 Å². The summed E-state index contributed by atoms with van der Waals surface area (Å²) in [4.78, 5) is 34.8. The van der Waals surface area contributed by atoms with Gasteiger partial charge in [-0.3, -0.25) is 14.4 Å². The van der Waals surface area contributed by atoms with Crippen LogP contribution in [0.1, 0.15) is 206 Å². The van der Waals surface area contributed by atoms with Gasteiger partial charge in [0.25, 0.3) is 0 Å². The van der Waals surface area contributed by atoms with Gasteiger partial charge in [0, 0.05) is 12.8 Å². The zero-order chi connectivity index (χ0) is 31.6. The van der Waals surface area contributed by atoms with Gasteiger partial charge in [0.05, 0.1) is 0 Å². The van der Waals surface area contributed by atoms with E-state index in [-0.39, 0.29) is 24.5 Å². The highest BCUT2D eigenvalue weighted by Gasteiger charge is 2.14. The maximum atomic E-state index is 12.6. The van der Waals surface area contributed by atoms with E-state index in [4.69, 9.17) is 9.84 Å². The van der Waals surface area contributed by atoms with Crippen LogP contribution in [0.5, 0.6) is 0 Å². The fourth-order valence-electron chi connectivity index (χ4n) is 5.75. The number of esters is 1. The van der Waals surface area contributed by atoms with Crippen molar-refractivity contribution in [3.05, 3.63) is 0 Å². The van der Waals surface area contributed by atoms with Crippen LogP contribution >= 0.6 is 0 Å². The van der Waals surface area contributed by atoms with E-state index >= 15 is 0 Å². The molecule has 6 nitrogen and oxygen atoms in total. The van der Waals surface area contributed by atoms with Gasteiger partial charge in [-0.15, -0.1) is 0 Å². The van der Waals surface area contributed by atoms with E-state index < -0.39 is 5.97 Å². The molecule has 43 heavy (non-hydrogen) atoms. The summed E-state index contributed by atoms with van der Waals surface area (Å²) >= 11 is 0. The molecule has 1 unspecified atom stereocenters. The van der Waals surface area contributed by atoms with Crippen LogP contribution in [-0.4, -0.2) is 35.6 Å². The molecule has 0 aromatic rings. The second-order valence-corrected chi connectivity index (χ2v) is 12.8. The first-order chi connectivity index (χ1) is 21.0. The molecule has 1 amide bonds. The first-order valence-corrected chi connectivity index (χ1v) is 18.7. The Balaban J connectivity index is 4.14. The van der Waals surface area contributed by atoms with Crippen molar-refractivity contribution in [1.82, 2.24) is 5.32 Å². The summed E-state index contributed by atoms with van der Waals surface area (Å²) in [5.74, 6) is -1.22. The molecule has 1 atom stereocenters. The first kappa shape index (κ1) is 41.4. The second-order valence-electron chi connectivity index (χ2n) is 12.8. The molecule has 0 aliphatic heterocycles. The minimum Gasteiger partial charge on any atom is -0.480 e. The predicted molar refractivity (Wildman–Crippen MR) is 180 cm³/mol. The molecule has 0 aromatic heterocycles. The van der Waals surface area contributed by atoms with Crippen molar-refractivity contribution >= 4 is 17.8 Å². The summed E-state index contributed by atoms with van der Waals surface area (Å²) in [6, 6.07) is 0. The van der Waals surface area contributed by atoms with Crippen LogP contribution in [0.4, 0.5) is 0 Å². The van der Waals surface area contributed by atoms with E-state index in [0.717, 1.165) is 64.2 Å². The molecule has 0 aliphatic rings. The van der Waals surface area contributed by atoms with Crippen molar-refractivity contribution in [2.75, 3.05) is 6.54 Å². The van der Waals surface area contributed by atoms with Crippen LogP contribution < -0.4 is 5.32 Å². The minimum atomic E-state index is -1.01. The van der Waals surface area contributed by atoms with Gasteiger partial charge >= 0.3 is 11.9 Å². The van der Waals surface area contributed by atoms with Gasteiger partial charge in [0.2, 0.25) is 5.91 Å². The third kappa shape index (κ3) is 33.1. The van der Waals surface area contributed by atoms with Gasteiger partial charge in [-0.25, -0.2) is 0 Å². The molecule has 2 N–H and O–H groups in total. The lowest BCUT2D eigenvalue weighted by molar-refractivity contribution is -0.150. The molecular formula is C37H71NO5. The number of ether oxygens (including phenoxy) is 1. The minimum absolute atomic E-state index is 0.0135. The number of hydrogen-bond acceptors (Lipinski definition) is 4. The number of carboxylic acids is 1. The highest BCUT2D eigenvalue weighted by Crippen LogP contribution is 2.19. The SMILES string of the molecule is CCCCCCCCCCCCCC(=O)OC(CCCCCCCCCCCC)CCCCCCCC(=O)NCC(=O)O. The van der Waals surface area contributed by atoms with Gasteiger partial charge in [0.15, 0.2) is 0 Å². The van der Waals surface area contributed by atoms with E-state index in [2.05, 4.69) is 19.2 Å². The maximum Gasteiger partial charge on any atom is 0.322 e. The topological polar surface area (TPSA) is 92.7 Å². The monoisotopic (exact) mass is 610 g/mol. The first-order valence-electron chi connectivity index (χ1n) is 18.7. The van der Waals surface area contributed by atoms with Crippen LogP contribution in [0.25, 0.3) is 0 Å². The van der Waals surface area contributed by atoms with Crippen LogP contribution in [-0.2, 0) is 19.1 Å². The number of carbonyl (C=O) groups excluding carboxylic acids is 2. The summed E-state index contributed by atoms with van der Waals surface area (Å²) in [5, 5.41) is 11.0. The van der Waals surface area contributed by atoms with Crippen LogP contribution in [0.15, 0.2) is 0 Å². The summed E-state index contributed by atoms with van der Waals surface area (Å²) in [5.41, 5.74) is 0. The zero-order valence-electron chi connectivity index (χ0n) is 28.6. The smallest absolute Gasteiger partial charge is 0.322 e. The zero-order valence-corrected chi connectivity index (χ0v) is 28.6. The average Bonchev–Trinajstić information content (AvgIpc) is 2.99. The second kappa shape index (κ2) is 33.3. The Kier molecular flexibility index (Phi) is 32.1. The Bertz CT molecular complexity index is 638. The van der Waals surface area contributed by atoms with Crippen LogP contribution in [0.3, 0.4) is 0 Å². The molecule has 0 bridgehead atoms. The van der Waals surface area contributed by atoms with Crippen LogP contribution in [0.2, 0.25) is 0 Å². The highest BCUT2D eigenvalue weighted by molar-refractivity contribution is 5.80. The lowest BCUT2D eigenvalue weighted by Gasteiger charge is -2.18. The molecule has 0 spiro atoms. The maximum absolute atomic E-state index is 12.6. The quantitative estimate of drug-likeness (QED) is 0.0559. The van der Waals surface area contributed by atoms with Crippen molar-refractivity contribution in [3.63, 3.8) is 0 Å². The predicted octanol–water partition coefficient (Wildman–Crippen LogP) is 10.8. The molecule has 0 saturated carbocycles. The Labute approximate surface area is 266 Å². The Morgan fingerprint density at radius 2 is 0.860 bits per heavy atom. The number of hydrogen-bond donors (Lipinski definition) is 2. The highest BCUT2D eigenvalue weighted by atomic mass is 16.5. The molecule has 0 aliphatic carbocycles. The lowest BCUT2D eigenvalue weighted by atomic mass is 10.0. The summed E-state index contributed by atoms with van der Waals surface area (Å²) in [6.07, 6.45) is 35.0. The standard InChI is InChI=1S/C37H71NO5/c1-3-5-7-9-11-13-15-17-19-24-28-32-37(42)43-34(29-25-21-18-16-14-12-10-8-6-4-2)30-26-22-20-23-27-31-35(39)38-33-36(40)41/h34H,3-33H2,1-2H3,(H,38,39)(H,40,41). The van der Waals surface area contributed by atoms with E-state index in [0.29, 0.717) is 12.8 Å². The normalized spacial score (nSPS) is 11.9. The number of carbonyl (C=O) groups is 3. The number of rotatable bonds is 34. The molecule has 0 radical (unpaired) electrons. The van der Waals surface area contributed by atoms with Crippen molar-refractivity contribution < 1.29 is 24.2 Å². The van der Waals surface area contributed by atoms with E-state index in [9.17, 15) is 14.4 Å². The van der Waals surface area contributed by atoms with Gasteiger partial charge in [-0.05, 0) is 38.5 Å². The van der Waals surface area contributed by atoms with E-state index in [1.165, 1.54) is 116 Å². The molecule has 6 heteroatoms. The van der Waals surface area contributed by atoms with Crippen LogP contribution in [0, 0.1) is 0 Å². The third-order valence-electron chi connectivity index (χ3n) is 8.53. The third-order valence-corrected chi connectivity index (χ3v) is 8.53. The molecule has 254 valence electrons. The molecule has 0 fully saturated rings. The molecule has 0 aromatic carbocycles. The lowest BCUT2D eigenvalue weighted by Crippen LogP contribution is -2.28. The Hall–Kier alpha value is -1.59. The number of carboxylic acid groups (broad SMARTS) is 1. The summed E-state index contributed by atoms with van der Waals surface area (Å²) < 4.78 is 5.99. The molecular weight excluding hydrogens is 538 g/mol. The fraction of sp³-hybridized carbons (Fsp3) is 0.919. The Morgan fingerprint density at radius 3 is 1.26 bits per heavy atom.